The second kappa shape index (κ2) is 7.57. The largest absolute Gasteiger partial charge is 0.481 e. The van der Waals surface area contributed by atoms with E-state index in [4.69, 9.17) is 10.8 Å². The van der Waals surface area contributed by atoms with Gasteiger partial charge in [0.1, 0.15) is 5.82 Å². The van der Waals surface area contributed by atoms with Crippen LogP contribution in [0.5, 0.6) is 0 Å². The van der Waals surface area contributed by atoms with Crippen molar-refractivity contribution < 1.29 is 19.1 Å². The smallest absolute Gasteiger partial charge is 0.310 e. The Morgan fingerprint density at radius 3 is 2.16 bits per heavy atom. The van der Waals surface area contributed by atoms with E-state index in [0.717, 1.165) is 5.56 Å². The molecule has 0 heterocycles. The highest BCUT2D eigenvalue weighted by Crippen LogP contribution is 2.23. The van der Waals surface area contributed by atoms with Crippen LogP contribution in [-0.2, 0) is 11.2 Å². The standard InChI is InChI=1S/C20H22FNO3/c1-3-20(22,18(23)16-8-10-17(21)11-9-16)12-14-4-6-15(7-5-14)13(2)19(24)25/h4-11,13H,3,12,22H2,1-2H3,(H,24,25). The third kappa shape index (κ3) is 4.31. The van der Waals surface area contributed by atoms with Crippen LogP contribution < -0.4 is 5.73 Å². The first-order valence-corrected chi connectivity index (χ1v) is 8.17. The van der Waals surface area contributed by atoms with Crippen LogP contribution in [0.1, 0.15) is 47.7 Å². The van der Waals surface area contributed by atoms with Gasteiger partial charge < -0.3 is 10.8 Å². The number of halogens is 1. The lowest BCUT2D eigenvalue weighted by Gasteiger charge is -2.27. The molecule has 2 aromatic carbocycles. The molecule has 2 aromatic rings. The van der Waals surface area contributed by atoms with Gasteiger partial charge in [-0.05, 0) is 55.2 Å². The molecule has 0 aliphatic carbocycles. The van der Waals surface area contributed by atoms with E-state index < -0.39 is 23.2 Å². The lowest BCUT2D eigenvalue weighted by molar-refractivity contribution is -0.138. The molecule has 2 atom stereocenters. The summed E-state index contributed by atoms with van der Waals surface area (Å²) in [4.78, 5) is 23.8. The van der Waals surface area contributed by atoms with E-state index in [2.05, 4.69) is 0 Å². The van der Waals surface area contributed by atoms with Crippen LogP contribution in [0, 0.1) is 5.82 Å². The van der Waals surface area contributed by atoms with Gasteiger partial charge in [-0.25, -0.2) is 4.39 Å². The number of Topliss-reactive ketones (excluding diaryl/α,β-unsaturated/α-hetero) is 1. The molecule has 5 heteroatoms. The van der Waals surface area contributed by atoms with Crippen molar-refractivity contribution in [1.82, 2.24) is 0 Å². The SMILES string of the molecule is CCC(N)(Cc1ccc(C(C)C(=O)O)cc1)C(=O)c1ccc(F)cc1. The van der Waals surface area contributed by atoms with Gasteiger partial charge in [-0.3, -0.25) is 9.59 Å². The summed E-state index contributed by atoms with van der Waals surface area (Å²) >= 11 is 0. The van der Waals surface area contributed by atoms with Crippen molar-refractivity contribution in [2.45, 2.75) is 38.1 Å². The molecule has 0 saturated carbocycles. The minimum atomic E-state index is -1.10. The van der Waals surface area contributed by atoms with Gasteiger partial charge in [0, 0.05) is 5.56 Å². The van der Waals surface area contributed by atoms with E-state index in [1.165, 1.54) is 24.3 Å². The molecular formula is C20H22FNO3. The summed E-state index contributed by atoms with van der Waals surface area (Å²) in [6, 6.07) is 12.4. The maximum atomic E-state index is 13.1. The fourth-order valence-electron chi connectivity index (χ4n) is 2.69. The Morgan fingerprint density at radius 2 is 1.68 bits per heavy atom. The van der Waals surface area contributed by atoms with Crippen molar-refractivity contribution in [3.63, 3.8) is 0 Å². The van der Waals surface area contributed by atoms with Crippen LogP contribution >= 0.6 is 0 Å². The van der Waals surface area contributed by atoms with Crippen LogP contribution in [0.15, 0.2) is 48.5 Å². The normalized spacial score (nSPS) is 14.6. The zero-order chi connectivity index (χ0) is 18.6. The summed E-state index contributed by atoms with van der Waals surface area (Å²) in [5.41, 5.74) is 7.17. The molecule has 3 N–H and O–H groups in total. The molecule has 0 spiro atoms. The fraction of sp³-hybridized carbons (Fsp3) is 0.300. The third-order valence-corrected chi connectivity index (χ3v) is 4.56. The Balaban J connectivity index is 2.21. The number of ketones is 1. The number of aliphatic carboxylic acids is 1. The van der Waals surface area contributed by atoms with Gasteiger partial charge in [0.15, 0.2) is 5.78 Å². The van der Waals surface area contributed by atoms with E-state index in [-0.39, 0.29) is 5.78 Å². The lowest BCUT2D eigenvalue weighted by Crippen LogP contribution is -2.49. The average molecular weight is 343 g/mol. The summed E-state index contributed by atoms with van der Waals surface area (Å²) in [5, 5.41) is 9.06. The second-order valence-corrected chi connectivity index (χ2v) is 6.32. The zero-order valence-corrected chi connectivity index (χ0v) is 14.3. The van der Waals surface area contributed by atoms with Crippen LogP contribution in [0.2, 0.25) is 0 Å². The topological polar surface area (TPSA) is 80.4 Å². The number of carboxylic acids is 1. The van der Waals surface area contributed by atoms with Gasteiger partial charge in [0.05, 0.1) is 11.5 Å². The molecule has 0 saturated heterocycles. The second-order valence-electron chi connectivity index (χ2n) is 6.32. The van der Waals surface area contributed by atoms with Gasteiger partial charge in [-0.1, -0.05) is 31.2 Å². The van der Waals surface area contributed by atoms with Crippen molar-refractivity contribution in [3.05, 3.63) is 71.0 Å². The summed E-state index contributed by atoms with van der Waals surface area (Å²) in [6.45, 7) is 3.46. The zero-order valence-electron chi connectivity index (χ0n) is 14.3. The Bertz CT molecular complexity index is 756. The van der Waals surface area contributed by atoms with E-state index >= 15 is 0 Å². The van der Waals surface area contributed by atoms with Crippen molar-refractivity contribution in [3.8, 4) is 0 Å². The number of carbonyl (C=O) groups is 2. The number of hydrogen-bond donors (Lipinski definition) is 2. The van der Waals surface area contributed by atoms with Crippen LogP contribution in [-0.4, -0.2) is 22.4 Å². The molecule has 0 fully saturated rings. The molecular weight excluding hydrogens is 321 g/mol. The number of carbonyl (C=O) groups excluding carboxylic acids is 1. The lowest BCUT2D eigenvalue weighted by atomic mass is 9.82. The minimum absolute atomic E-state index is 0.238. The van der Waals surface area contributed by atoms with Crippen LogP contribution in [0.4, 0.5) is 4.39 Å². The third-order valence-electron chi connectivity index (χ3n) is 4.56. The van der Waals surface area contributed by atoms with Crippen LogP contribution in [0.25, 0.3) is 0 Å². The Labute approximate surface area is 146 Å². The highest BCUT2D eigenvalue weighted by molar-refractivity contribution is 6.03. The van der Waals surface area contributed by atoms with Gasteiger partial charge >= 0.3 is 5.97 Å². The monoisotopic (exact) mass is 343 g/mol. The molecule has 2 rings (SSSR count). The fourth-order valence-corrected chi connectivity index (χ4v) is 2.69. The van der Waals surface area contributed by atoms with Gasteiger partial charge in [0.25, 0.3) is 0 Å². The summed E-state index contributed by atoms with van der Waals surface area (Å²) in [6.07, 6.45) is 0.748. The minimum Gasteiger partial charge on any atom is -0.481 e. The van der Waals surface area contributed by atoms with Gasteiger partial charge in [-0.2, -0.15) is 0 Å². The maximum Gasteiger partial charge on any atom is 0.310 e. The highest BCUT2D eigenvalue weighted by atomic mass is 19.1. The molecule has 0 aromatic heterocycles. The van der Waals surface area contributed by atoms with E-state index in [0.29, 0.717) is 24.0 Å². The van der Waals surface area contributed by atoms with Gasteiger partial charge in [-0.15, -0.1) is 0 Å². The molecule has 25 heavy (non-hydrogen) atoms. The first-order chi connectivity index (χ1) is 11.8. The Kier molecular flexibility index (Phi) is 5.69. The number of rotatable bonds is 7. The van der Waals surface area contributed by atoms with Crippen LogP contribution in [0.3, 0.4) is 0 Å². The number of hydrogen-bond acceptors (Lipinski definition) is 3. The van der Waals surface area contributed by atoms with E-state index in [1.807, 2.05) is 6.92 Å². The molecule has 4 nitrogen and oxygen atoms in total. The predicted molar refractivity (Wildman–Crippen MR) is 94.1 cm³/mol. The molecule has 2 unspecified atom stereocenters. The Morgan fingerprint density at radius 1 is 1.12 bits per heavy atom. The first kappa shape index (κ1) is 18.8. The number of benzene rings is 2. The molecule has 0 aliphatic heterocycles. The predicted octanol–water partition coefficient (Wildman–Crippen LogP) is 3.55. The molecule has 0 aliphatic rings. The van der Waals surface area contributed by atoms with Gasteiger partial charge in [0.2, 0.25) is 0 Å². The first-order valence-electron chi connectivity index (χ1n) is 8.17. The number of nitrogens with two attached hydrogens (primary N) is 1. The van der Waals surface area contributed by atoms with Crippen molar-refractivity contribution in [1.29, 1.82) is 0 Å². The molecule has 0 amide bonds. The van der Waals surface area contributed by atoms with E-state index in [9.17, 15) is 14.0 Å². The summed E-state index contributed by atoms with van der Waals surface area (Å²) in [7, 11) is 0. The Hall–Kier alpha value is -2.53. The summed E-state index contributed by atoms with van der Waals surface area (Å²) in [5.74, 6) is -2.12. The molecule has 0 radical (unpaired) electrons. The maximum absolute atomic E-state index is 13.1. The van der Waals surface area contributed by atoms with Crippen molar-refractivity contribution >= 4 is 11.8 Å². The van der Waals surface area contributed by atoms with E-state index in [1.54, 1.807) is 31.2 Å². The highest BCUT2D eigenvalue weighted by Gasteiger charge is 2.33. The summed E-state index contributed by atoms with van der Waals surface area (Å²) < 4.78 is 13.1. The molecule has 0 bridgehead atoms. The average Bonchev–Trinajstić information content (AvgIpc) is 2.61. The van der Waals surface area contributed by atoms with Crippen molar-refractivity contribution in [2.75, 3.05) is 0 Å². The quantitative estimate of drug-likeness (QED) is 0.754. The van der Waals surface area contributed by atoms with Crippen molar-refractivity contribution in [2.24, 2.45) is 5.73 Å². The number of carboxylic acid groups (broad SMARTS) is 1. The molecule has 132 valence electrons.